The maximum Gasteiger partial charge on any atom is 0.469 e. The summed E-state index contributed by atoms with van der Waals surface area (Å²) in [7, 11) is -9.77. The van der Waals surface area contributed by atoms with Gasteiger partial charge in [-0.2, -0.15) is 5.48 Å². The van der Waals surface area contributed by atoms with Crippen LogP contribution in [0.25, 0.3) is 0 Å². The third-order valence-electron chi connectivity index (χ3n) is 2.83. The van der Waals surface area contributed by atoms with E-state index in [4.69, 9.17) is 29.1 Å². The van der Waals surface area contributed by atoms with Crippen LogP contribution in [-0.2, 0) is 27.8 Å². The van der Waals surface area contributed by atoms with Gasteiger partial charge in [-0.05, 0) is 0 Å². The Morgan fingerprint density at radius 2 is 1.67 bits per heavy atom. The molecule has 2 fully saturated rings. The van der Waals surface area contributed by atoms with Crippen LogP contribution in [0.4, 0.5) is 0 Å². The van der Waals surface area contributed by atoms with Crippen molar-refractivity contribution >= 4 is 15.6 Å². The van der Waals surface area contributed by atoms with E-state index >= 15 is 0 Å². The van der Waals surface area contributed by atoms with E-state index in [1.807, 2.05) is 0 Å². The summed E-state index contributed by atoms with van der Waals surface area (Å²) in [6.45, 7) is -1.88. The Kier molecular flexibility index (Phi) is 4.37. The van der Waals surface area contributed by atoms with Crippen molar-refractivity contribution in [3.05, 3.63) is 0 Å². The lowest BCUT2D eigenvalue weighted by atomic mass is 10.0. The van der Waals surface area contributed by atoms with Gasteiger partial charge < -0.3 is 34.5 Å². The van der Waals surface area contributed by atoms with Crippen molar-refractivity contribution in [2.75, 3.05) is 13.2 Å². The van der Waals surface area contributed by atoms with Gasteiger partial charge in [0, 0.05) is 0 Å². The molecule has 0 aromatic carbocycles. The Balaban J connectivity index is 2.06. The van der Waals surface area contributed by atoms with Crippen LogP contribution >= 0.6 is 15.6 Å². The number of hydrogen-bond donors (Lipinski definition) is 7. The van der Waals surface area contributed by atoms with Gasteiger partial charge in [-0.25, -0.2) is 9.13 Å². The Labute approximate surface area is 116 Å². The number of aliphatic hydroxyl groups excluding tert-OH is 1. The molecular formula is C6H13NO12P2. The maximum atomic E-state index is 10.6. The second-order valence-electron chi connectivity index (χ2n) is 4.40. The molecule has 7 N–H and O–H groups in total. The smallest absolute Gasteiger partial charge is 0.383 e. The summed E-state index contributed by atoms with van der Waals surface area (Å²) in [4.78, 5) is 39.0. The van der Waals surface area contributed by atoms with Crippen LogP contribution in [0.15, 0.2) is 0 Å². The summed E-state index contributed by atoms with van der Waals surface area (Å²) in [6, 6.07) is 0. The zero-order valence-electron chi connectivity index (χ0n) is 10.1. The van der Waals surface area contributed by atoms with Gasteiger partial charge in [-0.3, -0.25) is 13.9 Å². The van der Waals surface area contributed by atoms with Gasteiger partial charge in [-0.1, -0.05) is 0 Å². The van der Waals surface area contributed by atoms with E-state index in [1.54, 1.807) is 0 Å². The number of ether oxygens (including phenoxy) is 1. The summed E-state index contributed by atoms with van der Waals surface area (Å²) >= 11 is 0. The normalized spacial score (nSPS) is 39.9. The lowest BCUT2D eigenvalue weighted by molar-refractivity contribution is -0.245. The molecule has 0 aromatic rings. The van der Waals surface area contributed by atoms with Gasteiger partial charge in [0.2, 0.25) is 11.5 Å². The maximum absolute atomic E-state index is 10.6. The molecule has 0 saturated carbocycles. The molecule has 2 rings (SSSR count). The van der Waals surface area contributed by atoms with Gasteiger partial charge in [0.25, 0.3) is 0 Å². The highest BCUT2D eigenvalue weighted by atomic mass is 31.2. The number of hydroxylamine groups is 1. The van der Waals surface area contributed by atoms with Crippen molar-refractivity contribution in [1.82, 2.24) is 5.48 Å². The van der Waals surface area contributed by atoms with E-state index < -0.39 is 52.6 Å². The Morgan fingerprint density at radius 3 is 2.10 bits per heavy atom. The number of rotatable bonds is 6. The molecule has 0 unspecified atom stereocenters. The molecule has 2 saturated heterocycles. The lowest BCUT2D eigenvalue weighted by Gasteiger charge is -2.25. The van der Waals surface area contributed by atoms with Crippen LogP contribution < -0.4 is 5.48 Å². The SMILES string of the molecule is O=P(O)(O)OC[C@H]1O[C@@](O)(COP(=O)(O)O)[C@@H](O)[C@@]12NO2. The van der Waals surface area contributed by atoms with E-state index in [2.05, 4.69) is 14.5 Å². The van der Waals surface area contributed by atoms with Crippen molar-refractivity contribution in [1.29, 1.82) is 0 Å². The third kappa shape index (κ3) is 3.86. The van der Waals surface area contributed by atoms with Crippen LogP contribution in [0, 0.1) is 0 Å². The molecule has 2 aliphatic rings. The van der Waals surface area contributed by atoms with Gasteiger partial charge in [0.05, 0.1) is 6.61 Å². The van der Waals surface area contributed by atoms with Crippen molar-refractivity contribution in [2.24, 2.45) is 0 Å². The zero-order chi connectivity index (χ0) is 16.1. The monoisotopic (exact) mass is 353 g/mol. The van der Waals surface area contributed by atoms with Crippen molar-refractivity contribution in [3.63, 3.8) is 0 Å². The molecule has 0 bridgehead atoms. The fourth-order valence-electron chi connectivity index (χ4n) is 1.82. The second-order valence-corrected chi connectivity index (χ2v) is 6.88. The molecule has 0 aliphatic carbocycles. The summed E-state index contributed by atoms with van der Waals surface area (Å²) in [5, 5.41) is 19.9. The minimum absolute atomic E-state index is 0.771. The average Bonchev–Trinajstić information content (AvgIpc) is 3.06. The molecular weight excluding hydrogens is 340 g/mol. The fraction of sp³-hybridized carbons (Fsp3) is 1.00. The summed E-state index contributed by atoms with van der Waals surface area (Å²) < 4.78 is 34.4. The van der Waals surface area contributed by atoms with Crippen LogP contribution in [0.5, 0.6) is 0 Å². The highest BCUT2D eigenvalue weighted by Gasteiger charge is 2.72. The molecule has 4 atom stereocenters. The molecule has 1 spiro atoms. The van der Waals surface area contributed by atoms with E-state index in [1.165, 1.54) is 0 Å². The number of phosphoric acid groups is 2. The van der Waals surface area contributed by atoms with Crippen molar-refractivity contribution < 1.29 is 57.5 Å². The fourth-order valence-corrected chi connectivity index (χ4v) is 2.51. The quantitative estimate of drug-likeness (QED) is 0.186. The Bertz CT molecular complexity index is 496. The van der Waals surface area contributed by atoms with E-state index in [9.17, 15) is 19.3 Å². The summed E-state index contributed by atoms with van der Waals surface area (Å²) in [5.74, 6) is -2.58. The molecule has 21 heavy (non-hydrogen) atoms. The van der Waals surface area contributed by atoms with Crippen LogP contribution in [0.1, 0.15) is 0 Å². The molecule has 2 heterocycles. The Morgan fingerprint density at radius 1 is 1.14 bits per heavy atom. The molecule has 15 heteroatoms. The highest BCUT2D eigenvalue weighted by molar-refractivity contribution is 7.46. The Hall–Kier alpha value is 0.0200. The first-order valence-electron chi connectivity index (χ1n) is 5.32. The number of aliphatic hydroxyl groups is 2. The first-order valence-corrected chi connectivity index (χ1v) is 8.38. The standard InChI is InChI=1S/C6H13NO12P2/c8-4-5(9,2-17-21(13,14)15)18-3(6(4)7-19-6)1-16-20(10,11)12/h3-4,7-9H,1-2H2,(H2,10,11,12)(H2,13,14,15)/t3-,4-,5+,6-/m1/s1. The number of nitrogens with one attached hydrogen (secondary N) is 1. The average molecular weight is 353 g/mol. The largest absolute Gasteiger partial charge is 0.469 e. The molecule has 0 radical (unpaired) electrons. The number of phosphoric ester groups is 2. The molecule has 0 amide bonds. The van der Waals surface area contributed by atoms with Crippen LogP contribution in [-0.4, -0.2) is 66.7 Å². The molecule has 0 aromatic heterocycles. The predicted molar refractivity (Wildman–Crippen MR) is 58.8 cm³/mol. The third-order valence-corrected chi connectivity index (χ3v) is 3.78. The van der Waals surface area contributed by atoms with Gasteiger partial charge in [0.15, 0.2) is 6.10 Å². The summed E-state index contributed by atoms with van der Waals surface area (Å²) in [5.41, 5.74) is 0.461. The zero-order valence-corrected chi connectivity index (χ0v) is 11.9. The van der Waals surface area contributed by atoms with E-state index in [0.717, 1.165) is 0 Å². The summed E-state index contributed by atoms with van der Waals surface area (Å²) in [6.07, 6.45) is -3.23. The predicted octanol–water partition coefficient (Wildman–Crippen LogP) is -3.12. The first kappa shape index (κ1) is 17.4. The van der Waals surface area contributed by atoms with Gasteiger partial charge >= 0.3 is 15.6 Å². The van der Waals surface area contributed by atoms with Crippen molar-refractivity contribution in [2.45, 2.75) is 23.7 Å². The lowest BCUT2D eigenvalue weighted by Crippen LogP contribution is -2.49. The highest BCUT2D eigenvalue weighted by Crippen LogP contribution is 2.48. The van der Waals surface area contributed by atoms with Gasteiger partial charge in [-0.15, -0.1) is 0 Å². The second kappa shape index (κ2) is 5.28. The van der Waals surface area contributed by atoms with E-state index in [-0.39, 0.29) is 0 Å². The van der Waals surface area contributed by atoms with Gasteiger partial charge in [0.1, 0.15) is 12.7 Å². The molecule has 13 nitrogen and oxygen atoms in total. The molecule has 124 valence electrons. The van der Waals surface area contributed by atoms with Crippen LogP contribution in [0.3, 0.4) is 0 Å². The topological polar surface area (TPSA) is 218 Å². The minimum atomic E-state index is -4.94. The first-order chi connectivity index (χ1) is 9.38. The van der Waals surface area contributed by atoms with E-state index in [0.29, 0.717) is 0 Å². The minimum Gasteiger partial charge on any atom is -0.383 e. The number of hydrogen-bond acceptors (Lipinski definition) is 9. The van der Waals surface area contributed by atoms with Crippen LogP contribution in [0.2, 0.25) is 0 Å². The van der Waals surface area contributed by atoms with Crippen molar-refractivity contribution in [3.8, 4) is 0 Å². The molecule has 2 aliphatic heterocycles.